The molecule has 52 heavy (non-hydrogen) atoms. The molecule has 0 fully saturated rings. The van der Waals surface area contributed by atoms with E-state index in [9.17, 15) is 52.7 Å². The van der Waals surface area contributed by atoms with E-state index >= 15 is 35.1 Å². The third-order valence-electron chi connectivity index (χ3n) is 8.31. The van der Waals surface area contributed by atoms with Gasteiger partial charge in [-0.05, 0) is 13.3 Å². The van der Waals surface area contributed by atoms with Crippen LogP contribution in [0.2, 0.25) is 0 Å². The van der Waals surface area contributed by atoms with Gasteiger partial charge in [-0.25, -0.2) is 87.8 Å². The highest BCUT2D eigenvalue weighted by atomic mass is 19.2. The van der Waals surface area contributed by atoms with Crippen molar-refractivity contribution in [2.24, 2.45) is 0 Å². The van der Waals surface area contributed by atoms with Gasteiger partial charge in [0.05, 0.1) is 20.1 Å². The van der Waals surface area contributed by atoms with Gasteiger partial charge in [-0.1, -0.05) is 6.92 Å². The van der Waals surface area contributed by atoms with Crippen LogP contribution in [0.25, 0.3) is 0 Å². The molecule has 1 N–H and O–H groups in total. The molecule has 0 spiro atoms. The van der Waals surface area contributed by atoms with E-state index in [1.54, 1.807) is 4.90 Å². The van der Waals surface area contributed by atoms with Crippen LogP contribution in [0.5, 0.6) is 0 Å². The van der Waals surface area contributed by atoms with E-state index in [1.165, 1.54) is 6.42 Å². The maximum atomic E-state index is 15.4. The fourth-order valence-electron chi connectivity index (χ4n) is 5.28. The molecule has 0 bridgehead atoms. The monoisotopic (exact) mass is 781 g/mol. The quantitative estimate of drug-likeness (QED) is 0.110. The maximum absolute atomic E-state index is 15.4. The minimum Gasteiger partial charge on any atom is -0.338 e. The second-order valence-electron chi connectivity index (χ2n) is 11.2. The topological polar surface area (TPSA) is 4.44 Å². The summed E-state index contributed by atoms with van der Waals surface area (Å²) >= 11 is 0. The second kappa shape index (κ2) is 14.9. The van der Waals surface area contributed by atoms with E-state index in [4.69, 9.17) is 0 Å². The highest BCUT2D eigenvalue weighted by Crippen LogP contribution is 2.30. The fraction of sp³-hybridized carbons (Fsp3) is 0.200. The molecule has 0 heterocycles. The predicted octanol–water partition coefficient (Wildman–Crippen LogP) is 5.78. The third-order valence-corrected chi connectivity index (χ3v) is 8.31. The van der Waals surface area contributed by atoms with E-state index in [0.717, 1.165) is 6.04 Å². The molecule has 0 aliphatic rings. The van der Waals surface area contributed by atoms with Crippen LogP contribution in [-0.2, 0) is 0 Å². The molecule has 0 aromatic heterocycles. The van der Waals surface area contributed by atoms with Crippen molar-refractivity contribution in [3.05, 3.63) is 116 Å². The number of halogens is 20. The average molecular weight is 781 g/mol. The summed E-state index contributed by atoms with van der Waals surface area (Å²) in [5.74, 6) is -71.4. The van der Waals surface area contributed by atoms with Crippen LogP contribution in [0.15, 0.2) is 0 Å². The van der Waals surface area contributed by atoms with E-state index in [1.807, 2.05) is 0 Å². The summed E-state index contributed by atoms with van der Waals surface area (Å²) < 4.78 is 294. The van der Waals surface area contributed by atoms with Gasteiger partial charge < -0.3 is 4.90 Å². The van der Waals surface area contributed by atoms with Crippen molar-refractivity contribution in [1.82, 2.24) is 0 Å². The molecule has 0 saturated carbocycles. The van der Waals surface area contributed by atoms with E-state index in [0.29, 0.717) is 0 Å². The third kappa shape index (κ3) is 6.11. The zero-order valence-electron chi connectivity index (χ0n) is 25.9. The smallest absolute Gasteiger partial charge is 0.200 e. The highest BCUT2D eigenvalue weighted by molar-refractivity contribution is 7.20. The van der Waals surface area contributed by atoms with Crippen molar-refractivity contribution in [2.75, 3.05) is 14.1 Å². The predicted molar refractivity (Wildman–Crippen MR) is 142 cm³/mol. The first-order chi connectivity index (χ1) is 23.9. The van der Waals surface area contributed by atoms with Crippen LogP contribution >= 0.6 is 0 Å². The van der Waals surface area contributed by atoms with Crippen molar-refractivity contribution in [3.8, 4) is 0 Å². The van der Waals surface area contributed by atoms with Gasteiger partial charge in [0.2, 0.25) is 0 Å². The standard InChI is InChI=1S/C24BF20.C6H15N/c26-5-1(6(27)14(35)21(42)13(5)34)25(2-7(28)15(36)22(43)16(37)8(2)29,3-9(30)17(38)23(44)18(39)10(3)31)4-11(32)19(40)24(45)20(41)12(4)33;1-5-6(2)7(3)4/h;6H,5H2,1-4H3/q-1;/p+1. The van der Waals surface area contributed by atoms with Gasteiger partial charge in [0, 0.05) is 0 Å². The first-order valence-corrected chi connectivity index (χ1v) is 13.9. The molecule has 0 radical (unpaired) electrons. The van der Waals surface area contributed by atoms with Gasteiger partial charge in [0.25, 0.3) is 0 Å². The lowest BCUT2D eigenvalue weighted by atomic mass is 9.12. The van der Waals surface area contributed by atoms with Gasteiger partial charge in [-0.15, -0.1) is 21.9 Å². The molecule has 0 aliphatic heterocycles. The van der Waals surface area contributed by atoms with Crippen LogP contribution in [-0.4, -0.2) is 26.3 Å². The molecule has 0 amide bonds. The van der Waals surface area contributed by atoms with Crippen LogP contribution in [0.4, 0.5) is 87.8 Å². The van der Waals surface area contributed by atoms with E-state index in [2.05, 4.69) is 27.9 Å². The Balaban J connectivity index is 0.000000944. The van der Waals surface area contributed by atoms with Crippen LogP contribution < -0.4 is 26.8 Å². The van der Waals surface area contributed by atoms with Gasteiger partial charge in [0.15, 0.2) is 69.8 Å². The van der Waals surface area contributed by atoms with Crippen molar-refractivity contribution >= 4 is 28.0 Å². The molecule has 22 heteroatoms. The number of rotatable bonds is 6. The minimum atomic E-state index is -7.22. The van der Waals surface area contributed by atoms with Crippen molar-refractivity contribution in [1.29, 1.82) is 0 Å². The second-order valence-corrected chi connectivity index (χ2v) is 11.2. The lowest BCUT2D eigenvalue weighted by Gasteiger charge is -2.44. The maximum Gasteiger partial charge on any atom is 0.200 e. The lowest BCUT2D eigenvalue weighted by molar-refractivity contribution is -0.883. The summed E-state index contributed by atoms with van der Waals surface area (Å²) in [7, 11) is 4.38. The van der Waals surface area contributed by atoms with Crippen molar-refractivity contribution < 1.29 is 92.7 Å². The molecule has 0 aliphatic carbocycles. The summed E-state index contributed by atoms with van der Waals surface area (Å²) in [6.45, 7) is 4.48. The highest BCUT2D eigenvalue weighted by Gasteiger charge is 2.52. The zero-order chi connectivity index (χ0) is 40.2. The number of quaternary nitrogens is 1. The summed E-state index contributed by atoms with van der Waals surface area (Å²) in [5, 5.41) is 0. The molecule has 284 valence electrons. The molecule has 1 atom stereocenters. The number of benzene rings is 4. The SMILES string of the molecule is CCC(C)[NH+](C)C.Fc1c(F)c(F)c([B-](c2c(F)c(F)c(F)c(F)c2F)(c2c(F)c(F)c(F)c(F)c2F)c2c(F)c(F)c(F)c(F)c2F)c(F)c1F. The Bertz CT molecular complexity index is 1700. The first kappa shape index (κ1) is 41.9. The Hall–Kier alpha value is -4.50. The minimum absolute atomic E-state index is 0.819. The number of nitrogens with one attached hydrogen (secondary N) is 1. The summed E-state index contributed by atoms with van der Waals surface area (Å²) in [5.41, 5.74) is -14.3. The summed E-state index contributed by atoms with van der Waals surface area (Å²) in [4.78, 5) is 1.54. The van der Waals surface area contributed by atoms with Crippen molar-refractivity contribution in [3.63, 3.8) is 0 Å². The molecule has 1 unspecified atom stereocenters. The van der Waals surface area contributed by atoms with Crippen LogP contribution in [0.3, 0.4) is 0 Å². The Morgan fingerprint density at radius 2 is 0.462 bits per heavy atom. The Labute approximate surface area is 278 Å². The van der Waals surface area contributed by atoms with Gasteiger partial charge in [-0.2, -0.15) is 0 Å². The number of hydrogen-bond acceptors (Lipinski definition) is 0. The fourth-order valence-corrected chi connectivity index (χ4v) is 5.28. The first-order valence-electron chi connectivity index (χ1n) is 13.9. The Morgan fingerprint density at radius 3 is 0.558 bits per heavy atom. The van der Waals surface area contributed by atoms with Gasteiger partial charge >= 0.3 is 0 Å². The van der Waals surface area contributed by atoms with Gasteiger partial charge in [0.1, 0.15) is 52.7 Å². The molecule has 1 nitrogen and oxygen atoms in total. The molecular formula is C30H16BF20N. The molecule has 0 saturated heterocycles. The average Bonchev–Trinajstić information content (AvgIpc) is 3.11. The Morgan fingerprint density at radius 1 is 0.327 bits per heavy atom. The van der Waals surface area contributed by atoms with Crippen molar-refractivity contribution in [2.45, 2.75) is 26.3 Å². The summed E-state index contributed by atoms with van der Waals surface area (Å²) in [6, 6.07) is 0.819. The van der Waals surface area contributed by atoms with Crippen LogP contribution in [0.1, 0.15) is 20.3 Å². The Kier molecular flexibility index (Phi) is 12.0. The van der Waals surface area contributed by atoms with E-state index in [-0.39, 0.29) is 0 Å². The molecule has 4 aromatic rings. The molecular weight excluding hydrogens is 765 g/mol. The normalized spacial score (nSPS) is 12.4. The lowest BCUT2D eigenvalue weighted by Crippen LogP contribution is -3.09. The van der Waals surface area contributed by atoms with Gasteiger partial charge in [-0.3, -0.25) is 0 Å². The largest absolute Gasteiger partial charge is 0.338 e. The zero-order valence-corrected chi connectivity index (χ0v) is 25.9. The van der Waals surface area contributed by atoms with E-state index < -0.39 is 144 Å². The number of hydrogen-bond donors (Lipinski definition) is 1. The summed E-state index contributed by atoms with van der Waals surface area (Å²) in [6.07, 6.45) is -5.94. The van der Waals surface area contributed by atoms with Crippen LogP contribution in [0, 0.1) is 116 Å². The molecule has 4 rings (SSSR count). The molecule has 4 aromatic carbocycles.